The standard InChI is InChI=1S/C16H23N3O2S/c1-5-19(10-16(3,4)21)11(2)14(20)18-15-17-12-8-6-7-9-13(12)22-15/h6-9,11,21H,5,10H2,1-4H3,(H,17,18,20). The molecule has 1 unspecified atom stereocenters. The largest absolute Gasteiger partial charge is 0.389 e. The number of aromatic nitrogens is 1. The maximum Gasteiger partial charge on any atom is 0.243 e. The molecular weight excluding hydrogens is 298 g/mol. The molecule has 1 aromatic carbocycles. The van der Waals surface area contributed by atoms with Crippen molar-refractivity contribution in [3.63, 3.8) is 0 Å². The fraction of sp³-hybridized carbons (Fsp3) is 0.500. The minimum Gasteiger partial charge on any atom is -0.389 e. The van der Waals surface area contributed by atoms with E-state index in [1.165, 1.54) is 11.3 Å². The third kappa shape index (κ3) is 4.25. The Morgan fingerprint density at radius 3 is 2.73 bits per heavy atom. The van der Waals surface area contributed by atoms with E-state index in [4.69, 9.17) is 0 Å². The molecule has 0 saturated carbocycles. The van der Waals surface area contributed by atoms with Gasteiger partial charge in [0.2, 0.25) is 5.91 Å². The monoisotopic (exact) mass is 321 g/mol. The first-order chi connectivity index (χ1) is 10.3. The van der Waals surface area contributed by atoms with E-state index in [1.54, 1.807) is 13.8 Å². The number of likely N-dealkylation sites (N-methyl/N-ethyl adjacent to an activating group) is 1. The molecular formula is C16H23N3O2S. The zero-order valence-corrected chi connectivity index (χ0v) is 14.3. The predicted octanol–water partition coefficient (Wildman–Crippen LogP) is 2.72. The molecule has 1 heterocycles. The van der Waals surface area contributed by atoms with Gasteiger partial charge in [-0.05, 0) is 39.4 Å². The number of anilines is 1. The smallest absolute Gasteiger partial charge is 0.243 e. The van der Waals surface area contributed by atoms with Gasteiger partial charge < -0.3 is 10.4 Å². The van der Waals surface area contributed by atoms with E-state index in [9.17, 15) is 9.90 Å². The molecule has 0 radical (unpaired) electrons. The fourth-order valence-electron chi connectivity index (χ4n) is 2.32. The third-order valence-corrected chi connectivity index (χ3v) is 4.40. The molecule has 2 rings (SSSR count). The molecule has 0 aliphatic carbocycles. The molecule has 2 N–H and O–H groups in total. The highest BCUT2D eigenvalue weighted by atomic mass is 32.1. The van der Waals surface area contributed by atoms with Crippen molar-refractivity contribution >= 4 is 32.6 Å². The van der Waals surface area contributed by atoms with Crippen molar-refractivity contribution in [2.45, 2.75) is 39.3 Å². The average Bonchev–Trinajstić information content (AvgIpc) is 2.85. The topological polar surface area (TPSA) is 65.5 Å². The van der Waals surface area contributed by atoms with Crippen LogP contribution in [0, 0.1) is 0 Å². The molecule has 120 valence electrons. The summed E-state index contributed by atoms with van der Waals surface area (Å²) in [7, 11) is 0. The predicted molar refractivity (Wildman–Crippen MR) is 91.3 cm³/mol. The number of amides is 1. The summed E-state index contributed by atoms with van der Waals surface area (Å²) in [4.78, 5) is 18.8. The van der Waals surface area contributed by atoms with Gasteiger partial charge in [0.05, 0.1) is 21.9 Å². The normalized spacial score (nSPS) is 13.5. The zero-order chi connectivity index (χ0) is 16.3. The van der Waals surface area contributed by atoms with Crippen molar-refractivity contribution in [1.29, 1.82) is 0 Å². The first kappa shape index (κ1) is 16.9. The number of hydrogen-bond donors (Lipinski definition) is 2. The van der Waals surface area contributed by atoms with Crippen molar-refractivity contribution in [2.75, 3.05) is 18.4 Å². The van der Waals surface area contributed by atoms with Crippen LogP contribution in [0.1, 0.15) is 27.7 Å². The number of aliphatic hydroxyl groups is 1. The van der Waals surface area contributed by atoms with Gasteiger partial charge in [-0.3, -0.25) is 9.69 Å². The van der Waals surface area contributed by atoms with Crippen LogP contribution >= 0.6 is 11.3 Å². The lowest BCUT2D eigenvalue weighted by Crippen LogP contribution is -2.48. The highest BCUT2D eigenvalue weighted by Crippen LogP contribution is 2.25. The Morgan fingerprint density at radius 2 is 2.14 bits per heavy atom. The molecule has 6 heteroatoms. The summed E-state index contributed by atoms with van der Waals surface area (Å²) in [5, 5.41) is 13.4. The Hall–Kier alpha value is -1.50. The minimum absolute atomic E-state index is 0.106. The van der Waals surface area contributed by atoms with Gasteiger partial charge in [0.25, 0.3) is 0 Å². The van der Waals surface area contributed by atoms with Gasteiger partial charge >= 0.3 is 0 Å². The van der Waals surface area contributed by atoms with Gasteiger partial charge in [-0.2, -0.15) is 0 Å². The molecule has 1 amide bonds. The number of hydrogen-bond acceptors (Lipinski definition) is 5. The second kappa shape index (κ2) is 6.73. The number of rotatable bonds is 6. The van der Waals surface area contributed by atoms with Crippen molar-refractivity contribution < 1.29 is 9.90 Å². The molecule has 0 spiro atoms. The van der Waals surface area contributed by atoms with Crippen molar-refractivity contribution in [1.82, 2.24) is 9.88 Å². The summed E-state index contributed by atoms with van der Waals surface area (Å²) < 4.78 is 1.05. The number of nitrogens with zero attached hydrogens (tertiary/aromatic N) is 2. The Labute approximate surface area is 135 Å². The van der Waals surface area contributed by atoms with E-state index in [2.05, 4.69) is 10.3 Å². The molecule has 2 aromatic rings. The molecule has 0 aliphatic rings. The van der Waals surface area contributed by atoms with Crippen LogP contribution in [0.5, 0.6) is 0 Å². The van der Waals surface area contributed by atoms with E-state index in [0.717, 1.165) is 10.2 Å². The lowest BCUT2D eigenvalue weighted by atomic mass is 10.1. The fourth-order valence-corrected chi connectivity index (χ4v) is 3.19. The second-order valence-electron chi connectivity index (χ2n) is 6.03. The SMILES string of the molecule is CCN(CC(C)(C)O)C(C)C(=O)Nc1nc2ccccc2s1. The summed E-state index contributed by atoms with van der Waals surface area (Å²) >= 11 is 1.46. The number of nitrogens with one attached hydrogen (secondary N) is 1. The Kier molecular flexibility index (Phi) is 5.16. The number of fused-ring (bicyclic) bond motifs is 1. The highest BCUT2D eigenvalue weighted by Gasteiger charge is 2.26. The average molecular weight is 321 g/mol. The van der Waals surface area contributed by atoms with E-state index < -0.39 is 5.60 Å². The number of carbonyl (C=O) groups is 1. The van der Waals surface area contributed by atoms with Crippen LogP contribution in [0.25, 0.3) is 10.2 Å². The van der Waals surface area contributed by atoms with Gasteiger partial charge in [-0.15, -0.1) is 0 Å². The highest BCUT2D eigenvalue weighted by molar-refractivity contribution is 7.22. The van der Waals surface area contributed by atoms with Crippen LogP contribution in [-0.4, -0.2) is 45.6 Å². The molecule has 0 saturated heterocycles. The Balaban J connectivity index is 2.06. The van der Waals surface area contributed by atoms with Crippen LogP contribution in [0.15, 0.2) is 24.3 Å². The lowest BCUT2D eigenvalue weighted by molar-refractivity contribution is -0.121. The molecule has 1 atom stereocenters. The number of para-hydroxylation sites is 1. The molecule has 0 fully saturated rings. The number of thiazole rings is 1. The van der Waals surface area contributed by atoms with Crippen molar-refractivity contribution in [3.05, 3.63) is 24.3 Å². The van der Waals surface area contributed by atoms with Crippen molar-refractivity contribution in [2.24, 2.45) is 0 Å². The van der Waals surface area contributed by atoms with E-state index in [0.29, 0.717) is 18.2 Å². The quantitative estimate of drug-likeness (QED) is 0.858. The van der Waals surface area contributed by atoms with E-state index >= 15 is 0 Å². The number of carbonyl (C=O) groups excluding carboxylic acids is 1. The third-order valence-electron chi connectivity index (χ3n) is 3.45. The second-order valence-corrected chi connectivity index (χ2v) is 7.06. The Bertz CT molecular complexity index is 615. The van der Waals surface area contributed by atoms with Gasteiger partial charge in [0.15, 0.2) is 5.13 Å². The maximum atomic E-state index is 12.4. The lowest BCUT2D eigenvalue weighted by Gasteiger charge is -2.31. The van der Waals surface area contributed by atoms with Crippen LogP contribution in [0.3, 0.4) is 0 Å². The summed E-state index contributed by atoms with van der Waals surface area (Å²) in [6.45, 7) is 8.45. The summed E-state index contributed by atoms with van der Waals surface area (Å²) in [6, 6.07) is 7.47. The summed E-state index contributed by atoms with van der Waals surface area (Å²) in [5.41, 5.74) is 0.0553. The number of benzene rings is 1. The first-order valence-corrected chi connectivity index (χ1v) is 8.24. The van der Waals surface area contributed by atoms with Crippen LogP contribution < -0.4 is 5.32 Å². The van der Waals surface area contributed by atoms with Crippen LogP contribution in [0.2, 0.25) is 0 Å². The van der Waals surface area contributed by atoms with Gasteiger partial charge in [0.1, 0.15) is 0 Å². The minimum atomic E-state index is -0.833. The van der Waals surface area contributed by atoms with E-state index in [1.807, 2.05) is 43.0 Å². The molecule has 0 aliphatic heterocycles. The molecule has 22 heavy (non-hydrogen) atoms. The van der Waals surface area contributed by atoms with Crippen molar-refractivity contribution in [3.8, 4) is 0 Å². The van der Waals surface area contributed by atoms with Gasteiger partial charge in [0, 0.05) is 6.54 Å². The summed E-state index contributed by atoms with van der Waals surface area (Å²) in [5.74, 6) is -0.106. The Morgan fingerprint density at radius 1 is 1.45 bits per heavy atom. The first-order valence-electron chi connectivity index (χ1n) is 7.43. The zero-order valence-electron chi connectivity index (χ0n) is 13.5. The molecule has 1 aromatic heterocycles. The van der Waals surface area contributed by atoms with E-state index in [-0.39, 0.29) is 11.9 Å². The maximum absolute atomic E-state index is 12.4. The van der Waals surface area contributed by atoms with Gasteiger partial charge in [-0.25, -0.2) is 4.98 Å². The van der Waals surface area contributed by atoms with Crippen LogP contribution in [0.4, 0.5) is 5.13 Å². The summed E-state index contributed by atoms with van der Waals surface area (Å²) in [6.07, 6.45) is 0. The molecule has 0 bridgehead atoms. The molecule has 5 nitrogen and oxygen atoms in total. The van der Waals surface area contributed by atoms with Crippen LogP contribution in [-0.2, 0) is 4.79 Å². The van der Waals surface area contributed by atoms with Gasteiger partial charge in [-0.1, -0.05) is 30.4 Å².